The molecular formula is C28H42N2O5. The van der Waals surface area contributed by atoms with E-state index in [2.05, 4.69) is 23.8 Å². The number of hydrogen-bond acceptors (Lipinski definition) is 5. The van der Waals surface area contributed by atoms with Crippen molar-refractivity contribution in [2.45, 2.75) is 71.4 Å². The maximum atomic E-state index is 13.1. The zero-order valence-electron chi connectivity index (χ0n) is 21.4. The van der Waals surface area contributed by atoms with Gasteiger partial charge >= 0.3 is 5.97 Å². The molecule has 1 aromatic rings. The van der Waals surface area contributed by atoms with Crippen molar-refractivity contribution >= 4 is 17.8 Å². The Bertz CT molecular complexity index is 816. The molecule has 35 heavy (non-hydrogen) atoms. The molecule has 2 amide bonds. The molecule has 0 fully saturated rings. The van der Waals surface area contributed by atoms with Crippen LogP contribution in [0.25, 0.3) is 0 Å². The number of carbonyl (C=O) groups excluding carboxylic acids is 3. The van der Waals surface area contributed by atoms with Crippen LogP contribution in [-0.4, -0.2) is 48.2 Å². The Hall–Kier alpha value is -2.93. The third-order valence-electron chi connectivity index (χ3n) is 5.73. The van der Waals surface area contributed by atoms with E-state index in [1.807, 2.05) is 51.1 Å². The average molecular weight is 487 g/mol. The molecule has 1 aromatic carbocycles. The van der Waals surface area contributed by atoms with Gasteiger partial charge in [-0.2, -0.15) is 0 Å². The average Bonchev–Trinajstić information content (AvgIpc) is 2.81. The molecule has 0 aliphatic carbocycles. The van der Waals surface area contributed by atoms with Gasteiger partial charge in [-0.3, -0.25) is 14.4 Å². The Morgan fingerprint density at radius 2 is 1.77 bits per heavy atom. The van der Waals surface area contributed by atoms with Crippen LogP contribution in [-0.2, 0) is 25.5 Å². The molecule has 3 unspecified atom stereocenters. The van der Waals surface area contributed by atoms with Gasteiger partial charge in [0.1, 0.15) is 6.61 Å². The minimum absolute atomic E-state index is 0.0403. The summed E-state index contributed by atoms with van der Waals surface area (Å²) in [5.74, 6) is -1.56. The van der Waals surface area contributed by atoms with Crippen LogP contribution in [0.3, 0.4) is 0 Å². The number of amides is 2. The molecule has 0 saturated carbocycles. The minimum Gasteiger partial charge on any atom is -0.463 e. The SMILES string of the molecule is C=CCCCC(=O)OCC(NC(=O)C(CC=C)CC(=O)NC(CO)Cc1ccccc1)C(C)(C)C. The second-order valence-electron chi connectivity index (χ2n) is 9.85. The quantitative estimate of drug-likeness (QED) is 0.188. The summed E-state index contributed by atoms with van der Waals surface area (Å²) >= 11 is 0. The van der Waals surface area contributed by atoms with E-state index in [0.717, 1.165) is 12.0 Å². The molecule has 0 aliphatic rings. The first-order valence-electron chi connectivity index (χ1n) is 12.2. The molecule has 3 N–H and O–H groups in total. The van der Waals surface area contributed by atoms with E-state index in [0.29, 0.717) is 25.7 Å². The van der Waals surface area contributed by atoms with Crippen molar-refractivity contribution in [1.82, 2.24) is 10.6 Å². The normalized spacial score (nSPS) is 13.7. The van der Waals surface area contributed by atoms with Gasteiger partial charge < -0.3 is 20.5 Å². The fourth-order valence-electron chi connectivity index (χ4n) is 3.49. The Labute approximate surface area is 210 Å². The summed E-state index contributed by atoms with van der Waals surface area (Å²) in [6.07, 6.45) is 5.84. The number of nitrogens with one attached hydrogen (secondary N) is 2. The molecule has 1 rings (SSSR count). The Morgan fingerprint density at radius 1 is 1.09 bits per heavy atom. The smallest absolute Gasteiger partial charge is 0.305 e. The predicted molar refractivity (Wildman–Crippen MR) is 138 cm³/mol. The summed E-state index contributed by atoms with van der Waals surface area (Å²) in [7, 11) is 0. The van der Waals surface area contributed by atoms with Crippen LogP contribution < -0.4 is 10.6 Å². The van der Waals surface area contributed by atoms with Crippen LogP contribution in [0.2, 0.25) is 0 Å². The number of benzene rings is 1. The van der Waals surface area contributed by atoms with E-state index < -0.39 is 18.0 Å². The van der Waals surface area contributed by atoms with Crippen molar-refractivity contribution in [3.8, 4) is 0 Å². The van der Waals surface area contributed by atoms with Crippen molar-refractivity contribution in [1.29, 1.82) is 0 Å². The van der Waals surface area contributed by atoms with Gasteiger partial charge in [-0.05, 0) is 36.7 Å². The van der Waals surface area contributed by atoms with E-state index >= 15 is 0 Å². The van der Waals surface area contributed by atoms with E-state index in [1.54, 1.807) is 12.2 Å². The summed E-state index contributed by atoms with van der Waals surface area (Å²) in [6, 6.07) is 8.71. The highest BCUT2D eigenvalue weighted by Crippen LogP contribution is 2.21. The highest BCUT2D eigenvalue weighted by atomic mass is 16.5. The van der Waals surface area contributed by atoms with E-state index in [4.69, 9.17) is 4.74 Å². The fourth-order valence-corrected chi connectivity index (χ4v) is 3.49. The molecule has 7 nitrogen and oxygen atoms in total. The van der Waals surface area contributed by atoms with Crippen LogP contribution in [0.4, 0.5) is 0 Å². The number of ether oxygens (including phenoxy) is 1. The third-order valence-corrected chi connectivity index (χ3v) is 5.73. The van der Waals surface area contributed by atoms with Gasteiger partial charge in [0, 0.05) is 12.8 Å². The summed E-state index contributed by atoms with van der Waals surface area (Å²) in [5, 5.41) is 15.5. The second kappa shape index (κ2) is 15.9. The number of aliphatic hydroxyl groups excluding tert-OH is 1. The number of hydrogen-bond donors (Lipinski definition) is 3. The summed E-state index contributed by atoms with van der Waals surface area (Å²) < 4.78 is 5.41. The van der Waals surface area contributed by atoms with E-state index in [-0.39, 0.29) is 42.8 Å². The Morgan fingerprint density at radius 3 is 2.34 bits per heavy atom. The molecule has 3 atom stereocenters. The van der Waals surface area contributed by atoms with Crippen molar-refractivity contribution in [3.05, 3.63) is 61.2 Å². The second-order valence-corrected chi connectivity index (χ2v) is 9.85. The van der Waals surface area contributed by atoms with Gasteiger partial charge in [0.2, 0.25) is 11.8 Å². The molecule has 0 bridgehead atoms. The predicted octanol–water partition coefficient (Wildman–Crippen LogP) is 3.72. The maximum Gasteiger partial charge on any atom is 0.305 e. The van der Waals surface area contributed by atoms with Crippen molar-refractivity contribution in [2.75, 3.05) is 13.2 Å². The number of unbranched alkanes of at least 4 members (excludes halogenated alkanes) is 1. The molecular weight excluding hydrogens is 444 g/mol. The lowest BCUT2D eigenvalue weighted by Crippen LogP contribution is -2.50. The van der Waals surface area contributed by atoms with Gasteiger partial charge in [0.25, 0.3) is 0 Å². The third kappa shape index (κ3) is 12.4. The first-order chi connectivity index (χ1) is 16.6. The van der Waals surface area contributed by atoms with E-state index in [1.165, 1.54) is 0 Å². The molecule has 0 saturated heterocycles. The monoisotopic (exact) mass is 486 g/mol. The highest BCUT2D eigenvalue weighted by molar-refractivity contribution is 5.86. The molecule has 0 heterocycles. The molecule has 0 spiro atoms. The number of esters is 1. The Kier molecular flexibility index (Phi) is 13.7. The zero-order valence-corrected chi connectivity index (χ0v) is 21.4. The van der Waals surface area contributed by atoms with Crippen LogP contribution >= 0.6 is 0 Å². The largest absolute Gasteiger partial charge is 0.463 e. The van der Waals surface area contributed by atoms with Crippen LogP contribution in [0.1, 0.15) is 58.4 Å². The van der Waals surface area contributed by atoms with E-state index in [9.17, 15) is 19.5 Å². The molecule has 194 valence electrons. The lowest BCUT2D eigenvalue weighted by Gasteiger charge is -2.32. The fraction of sp³-hybridized carbons (Fsp3) is 0.536. The number of rotatable bonds is 16. The molecule has 0 aliphatic heterocycles. The summed E-state index contributed by atoms with van der Waals surface area (Å²) in [4.78, 5) is 37.8. The first-order valence-corrected chi connectivity index (χ1v) is 12.2. The number of carbonyl (C=O) groups is 3. The van der Waals surface area contributed by atoms with Gasteiger partial charge in [-0.25, -0.2) is 0 Å². The lowest BCUT2D eigenvalue weighted by molar-refractivity contribution is -0.146. The summed E-state index contributed by atoms with van der Waals surface area (Å²) in [6.45, 7) is 13.1. The first kappa shape index (κ1) is 30.1. The minimum atomic E-state index is -0.628. The van der Waals surface area contributed by atoms with Crippen molar-refractivity contribution in [2.24, 2.45) is 11.3 Å². The number of aliphatic hydroxyl groups is 1. The van der Waals surface area contributed by atoms with Gasteiger partial charge in [-0.1, -0.05) is 63.3 Å². The zero-order chi connectivity index (χ0) is 26.3. The Balaban J connectivity index is 2.72. The van der Waals surface area contributed by atoms with Crippen molar-refractivity contribution in [3.63, 3.8) is 0 Å². The van der Waals surface area contributed by atoms with Gasteiger partial charge in [0.15, 0.2) is 0 Å². The van der Waals surface area contributed by atoms with Gasteiger partial charge in [0.05, 0.1) is 24.6 Å². The molecule has 7 heteroatoms. The highest BCUT2D eigenvalue weighted by Gasteiger charge is 2.31. The van der Waals surface area contributed by atoms with Crippen LogP contribution in [0, 0.1) is 11.3 Å². The lowest BCUT2D eigenvalue weighted by atomic mass is 9.86. The molecule has 0 aromatic heterocycles. The standard InChI is InChI=1S/C28H42N2O5/c1-6-8-10-16-26(33)35-20-24(28(3,4)5)30-27(34)22(13-7-2)18-25(32)29-23(19-31)17-21-14-11-9-12-15-21/h6-7,9,11-12,14-15,22-24,31H,1-2,8,10,13,16-20H2,3-5H3,(H,29,32)(H,30,34). The summed E-state index contributed by atoms with van der Waals surface area (Å²) in [5.41, 5.74) is 0.634. The maximum absolute atomic E-state index is 13.1. The van der Waals surface area contributed by atoms with Crippen molar-refractivity contribution < 1.29 is 24.2 Å². The molecule has 0 radical (unpaired) electrons. The van der Waals surface area contributed by atoms with Crippen LogP contribution in [0.15, 0.2) is 55.6 Å². The van der Waals surface area contributed by atoms with Gasteiger partial charge in [-0.15, -0.1) is 13.2 Å². The number of allylic oxidation sites excluding steroid dienone is 2. The topological polar surface area (TPSA) is 105 Å². The van der Waals surface area contributed by atoms with Crippen LogP contribution in [0.5, 0.6) is 0 Å².